The Morgan fingerprint density at radius 3 is 1.87 bits per heavy atom. The quantitative estimate of drug-likeness (QED) is 0.519. The van der Waals surface area contributed by atoms with Gasteiger partial charge in [-0.1, -0.05) is 30.3 Å². The van der Waals surface area contributed by atoms with Gasteiger partial charge in [0.15, 0.2) is 0 Å². The predicted molar refractivity (Wildman–Crippen MR) is 128 cm³/mol. The van der Waals surface area contributed by atoms with E-state index in [2.05, 4.69) is 10.2 Å². The third-order valence-corrected chi connectivity index (χ3v) is 7.31. The Bertz CT molecular complexity index is 1090. The fourth-order valence-corrected chi connectivity index (χ4v) is 5.15. The summed E-state index contributed by atoms with van der Waals surface area (Å²) in [7, 11) is 0. The van der Waals surface area contributed by atoms with Crippen molar-refractivity contribution in [3.05, 3.63) is 70.8 Å². The lowest BCUT2D eigenvalue weighted by Crippen LogP contribution is -2.50. The number of rotatable bonds is 5. The number of benzene rings is 2. The molecule has 4 rings (SSSR count). The van der Waals surface area contributed by atoms with E-state index in [0.29, 0.717) is 57.5 Å². The Kier molecular flexibility index (Phi) is 8.34. The highest BCUT2D eigenvalue weighted by atomic mass is 19.4. The molecule has 2 aliphatic heterocycles. The van der Waals surface area contributed by atoms with Gasteiger partial charge in [-0.3, -0.25) is 9.59 Å². The number of carbonyl (C=O) groups is 2. The zero-order chi connectivity index (χ0) is 27.5. The van der Waals surface area contributed by atoms with Crippen molar-refractivity contribution < 1.29 is 35.9 Å². The van der Waals surface area contributed by atoms with Crippen molar-refractivity contribution >= 4 is 11.8 Å². The normalized spacial score (nSPS) is 18.4. The first-order valence-electron chi connectivity index (χ1n) is 12.6. The molecular weight excluding hydrogens is 512 g/mol. The van der Waals surface area contributed by atoms with Crippen molar-refractivity contribution in [2.75, 3.05) is 26.2 Å². The number of piperidine rings is 2. The molecule has 0 unspecified atom stereocenters. The molecule has 0 aliphatic carbocycles. The minimum atomic E-state index is -5.01. The van der Waals surface area contributed by atoms with Crippen LogP contribution >= 0.6 is 0 Å². The van der Waals surface area contributed by atoms with Gasteiger partial charge >= 0.3 is 12.4 Å². The molecule has 1 N–H and O–H groups in total. The molecule has 2 aromatic carbocycles. The van der Waals surface area contributed by atoms with Crippen LogP contribution < -0.4 is 5.32 Å². The van der Waals surface area contributed by atoms with Crippen LogP contribution in [0.4, 0.5) is 26.3 Å². The smallest absolute Gasteiger partial charge is 0.352 e. The molecule has 0 bridgehead atoms. The third-order valence-electron chi connectivity index (χ3n) is 7.31. The monoisotopic (exact) mass is 541 g/mol. The second-order valence-electron chi connectivity index (χ2n) is 9.83. The second kappa shape index (κ2) is 11.3. The number of hydrogen-bond donors (Lipinski definition) is 1. The van der Waals surface area contributed by atoms with Crippen molar-refractivity contribution in [2.24, 2.45) is 5.92 Å². The molecular formula is C27H29F6N3O2. The molecule has 2 aromatic rings. The molecule has 0 atom stereocenters. The summed E-state index contributed by atoms with van der Waals surface area (Å²) in [6, 6.07) is 10.8. The van der Waals surface area contributed by atoms with Crippen LogP contribution in [0.25, 0.3) is 0 Å². The minimum absolute atomic E-state index is 0.0215. The first kappa shape index (κ1) is 27.9. The van der Waals surface area contributed by atoms with Gasteiger partial charge < -0.3 is 15.1 Å². The maximum Gasteiger partial charge on any atom is 0.416 e. The van der Waals surface area contributed by atoms with Gasteiger partial charge in [0.05, 0.1) is 11.1 Å². The van der Waals surface area contributed by atoms with Crippen molar-refractivity contribution in [1.29, 1.82) is 0 Å². The molecule has 2 saturated heterocycles. The average molecular weight is 542 g/mol. The summed E-state index contributed by atoms with van der Waals surface area (Å²) < 4.78 is 79.0. The highest BCUT2D eigenvalue weighted by Gasteiger charge is 2.38. The third kappa shape index (κ3) is 6.86. The Morgan fingerprint density at radius 1 is 0.789 bits per heavy atom. The number of nitrogens with one attached hydrogen (secondary N) is 1. The number of halogens is 6. The van der Waals surface area contributed by atoms with E-state index in [1.54, 1.807) is 0 Å². The number of alkyl halides is 6. The summed E-state index contributed by atoms with van der Waals surface area (Å²) >= 11 is 0. The topological polar surface area (TPSA) is 52.7 Å². The lowest BCUT2D eigenvalue weighted by Gasteiger charge is -2.41. The molecule has 2 fully saturated rings. The molecule has 0 radical (unpaired) electrons. The molecule has 2 heterocycles. The van der Waals surface area contributed by atoms with Crippen LogP contribution in [0.3, 0.4) is 0 Å². The summed E-state index contributed by atoms with van der Waals surface area (Å²) in [6.45, 7) is 2.37. The number of carbonyl (C=O) groups excluding carboxylic acids is 2. The number of amides is 2. The van der Waals surface area contributed by atoms with Crippen LogP contribution in [0.2, 0.25) is 0 Å². The maximum absolute atomic E-state index is 13.2. The summed E-state index contributed by atoms with van der Waals surface area (Å²) in [6.07, 6.45) is -7.50. The summed E-state index contributed by atoms with van der Waals surface area (Å²) in [4.78, 5) is 29.0. The van der Waals surface area contributed by atoms with E-state index in [1.165, 1.54) is 4.90 Å². The summed E-state index contributed by atoms with van der Waals surface area (Å²) in [5, 5.41) is 2.98. The molecule has 11 heteroatoms. The largest absolute Gasteiger partial charge is 0.416 e. The standard InChI is InChI=1S/C27H29F6N3O2/c28-26(29,30)21-14-20(15-22(16-21)27(31,32)33)25(38)36-12-8-23(9-13-36)35-10-6-19(7-11-35)24(37)34-17-18-4-2-1-3-5-18/h1-5,14-16,19,23H,6-13,17H2,(H,34,37). The summed E-state index contributed by atoms with van der Waals surface area (Å²) in [5.74, 6) is -0.901. The Balaban J connectivity index is 1.29. The summed E-state index contributed by atoms with van der Waals surface area (Å²) in [5.41, 5.74) is -2.59. The SMILES string of the molecule is O=C(NCc1ccccc1)C1CCN(C2CCN(C(=O)c3cc(C(F)(F)F)cc(C(F)(F)F)c3)CC2)CC1. The van der Waals surface area contributed by atoms with Gasteiger partial charge in [0.25, 0.3) is 5.91 Å². The Hall–Kier alpha value is -3.08. The van der Waals surface area contributed by atoms with Crippen molar-refractivity contribution in [1.82, 2.24) is 15.1 Å². The first-order valence-corrected chi connectivity index (χ1v) is 12.6. The van der Waals surface area contributed by atoms with Gasteiger partial charge in [-0.05, 0) is 62.5 Å². The molecule has 0 saturated carbocycles. The zero-order valence-corrected chi connectivity index (χ0v) is 20.6. The molecule has 206 valence electrons. The van der Waals surface area contributed by atoms with Crippen LogP contribution in [-0.4, -0.2) is 53.8 Å². The highest BCUT2D eigenvalue weighted by Crippen LogP contribution is 2.37. The van der Waals surface area contributed by atoms with Crippen molar-refractivity contribution in [3.8, 4) is 0 Å². The van der Waals surface area contributed by atoms with E-state index in [9.17, 15) is 35.9 Å². The Labute approximate surface area is 216 Å². The van der Waals surface area contributed by atoms with E-state index in [4.69, 9.17) is 0 Å². The van der Waals surface area contributed by atoms with Crippen LogP contribution in [-0.2, 0) is 23.7 Å². The van der Waals surface area contributed by atoms with E-state index in [-0.39, 0.29) is 37.0 Å². The number of nitrogens with zero attached hydrogens (tertiary/aromatic N) is 2. The fraction of sp³-hybridized carbons (Fsp3) is 0.481. The average Bonchev–Trinajstić information content (AvgIpc) is 2.91. The number of likely N-dealkylation sites (tertiary alicyclic amines) is 2. The van der Waals surface area contributed by atoms with Crippen LogP contribution in [0.5, 0.6) is 0 Å². The molecule has 2 amide bonds. The molecule has 5 nitrogen and oxygen atoms in total. The first-order chi connectivity index (χ1) is 17.9. The molecule has 38 heavy (non-hydrogen) atoms. The van der Waals surface area contributed by atoms with Gasteiger partial charge in [0.1, 0.15) is 0 Å². The van der Waals surface area contributed by atoms with Gasteiger partial charge in [-0.2, -0.15) is 26.3 Å². The lowest BCUT2D eigenvalue weighted by atomic mass is 9.92. The van der Waals surface area contributed by atoms with Crippen LogP contribution in [0.15, 0.2) is 48.5 Å². The van der Waals surface area contributed by atoms with E-state index in [0.717, 1.165) is 5.56 Å². The van der Waals surface area contributed by atoms with Crippen molar-refractivity contribution in [2.45, 2.75) is 50.6 Å². The van der Waals surface area contributed by atoms with Crippen LogP contribution in [0.1, 0.15) is 52.7 Å². The minimum Gasteiger partial charge on any atom is -0.352 e. The van der Waals surface area contributed by atoms with E-state index in [1.807, 2.05) is 30.3 Å². The van der Waals surface area contributed by atoms with Gasteiger partial charge in [-0.15, -0.1) is 0 Å². The van der Waals surface area contributed by atoms with E-state index >= 15 is 0 Å². The second-order valence-corrected chi connectivity index (χ2v) is 9.83. The van der Waals surface area contributed by atoms with Crippen molar-refractivity contribution in [3.63, 3.8) is 0 Å². The van der Waals surface area contributed by atoms with Crippen LogP contribution in [0, 0.1) is 5.92 Å². The molecule has 0 spiro atoms. The predicted octanol–water partition coefficient (Wildman–Crippen LogP) is 5.36. The van der Waals surface area contributed by atoms with Gasteiger partial charge in [-0.25, -0.2) is 0 Å². The fourth-order valence-electron chi connectivity index (χ4n) is 5.15. The van der Waals surface area contributed by atoms with Gasteiger partial charge in [0.2, 0.25) is 5.91 Å². The molecule has 2 aliphatic rings. The lowest BCUT2D eigenvalue weighted by molar-refractivity contribution is -0.143. The van der Waals surface area contributed by atoms with E-state index < -0.39 is 35.0 Å². The van der Waals surface area contributed by atoms with Gasteiger partial charge in [0, 0.05) is 37.2 Å². The Morgan fingerprint density at radius 2 is 1.34 bits per heavy atom. The maximum atomic E-state index is 13.2. The number of hydrogen-bond acceptors (Lipinski definition) is 3. The zero-order valence-electron chi connectivity index (χ0n) is 20.6. The molecule has 0 aromatic heterocycles. The highest BCUT2D eigenvalue weighted by molar-refractivity contribution is 5.94.